The number of aromatic amines is 1. The monoisotopic (exact) mass is 502 g/mol. The Hall–Kier alpha value is -2.48. The molecule has 0 bridgehead atoms. The highest BCUT2D eigenvalue weighted by atomic mass is 35.5. The molecule has 0 atom stereocenters. The van der Waals surface area contributed by atoms with Crippen LogP contribution in [0, 0.1) is 6.92 Å². The molecule has 3 aromatic rings. The number of aromatic nitrogens is 2. The summed E-state index contributed by atoms with van der Waals surface area (Å²) in [6, 6.07) is 15.5. The van der Waals surface area contributed by atoms with E-state index in [0.717, 1.165) is 11.3 Å². The number of benzene rings is 2. The first kappa shape index (κ1) is 23.7. The molecular formula is C24H24Cl2N4O2S. The largest absolute Gasteiger partial charge is 0.367 e. The third-order valence-electron chi connectivity index (χ3n) is 5.65. The van der Waals surface area contributed by atoms with Gasteiger partial charge in [-0.1, -0.05) is 71.4 Å². The molecule has 4 rings (SSSR count). The first-order valence-corrected chi connectivity index (χ1v) is 12.4. The zero-order valence-electron chi connectivity index (χ0n) is 18.2. The van der Waals surface area contributed by atoms with E-state index in [0.29, 0.717) is 58.4 Å². The van der Waals surface area contributed by atoms with E-state index in [9.17, 15) is 9.59 Å². The summed E-state index contributed by atoms with van der Waals surface area (Å²) in [4.78, 5) is 36.8. The highest BCUT2D eigenvalue weighted by molar-refractivity contribution is 7.98. The van der Waals surface area contributed by atoms with Gasteiger partial charge in [-0.25, -0.2) is 4.98 Å². The minimum atomic E-state index is -0.254. The number of piperazine rings is 1. The third-order valence-corrected chi connectivity index (χ3v) is 7.40. The number of hydrogen-bond acceptors (Lipinski definition) is 5. The van der Waals surface area contributed by atoms with Crippen molar-refractivity contribution >= 4 is 46.6 Å². The molecule has 0 spiro atoms. The number of amides is 1. The lowest BCUT2D eigenvalue weighted by molar-refractivity contribution is -0.130. The van der Waals surface area contributed by atoms with Gasteiger partial charge in [-0.2, -0.15) is 0 Å². The number of hydrogen-bond donors (Lipinski definition) is 1. The lowest BCUT2D eigenvalue weighted by atomic mass is 10.1. The van der Waals surface area contributed by atoms with Crippen LogP contribution >= 0.6 is 35.0 Å². The minimum absolute atomic E-state index is 0.0374. The van der Waals surface area contributed by atoms with E-state index in [2.05, 4.69) is 14.9 Å². The summed E-state index contributed by atoms with van der Waals surface area (Å²) in [7, 11) is 0. The van der Waals surface area contributed by atoms with Gasteiger partial charge >= 0.3 is 0 Å². The number of rotatable bonds is 6. The van der Waals surface area contributed by atoms with Gasteiger partial charge in [-0.05, 0) is 24.6 Å². The molecule has 1 aliphatic rings. The van der Waals surface area contributed by atoms with Crippen molar-refractivity contribution in [1.82, 2.24) is 14.9 Å². The summed E-state index contributed by atoms with van der Waals surface area (Å²) in [5, 5.41) is 1.60. The fraction of sp³-hybridized carbons (Fsp3) is 0.292. The van der Waals surface area contributed by atoms with Crippen molar-refractivity contribution in [2.45, 2.75) is 24.3 Å². The normalized spacial score (nSPS) is 13.9. The van der Waals surface area contributed by atoms with Gasteiger partial charge in [0, 0.05) is 43.2 Å². The van der Waals surface area contributed by atoms with Crippen LogP contribution in [0.4, 0.5) is 5.69 Å². The van der Waals surface area contributed by atoms with Crippen LogP contribution in [-0.4, -0.2) is 47.0 Å². The van der Waals surface area contributed by atoms with Crippen molar-refractivity contribution < 1.29 is 4.79 Å². The van der Waals surface area contributed by atoms with Gasteiger partial charge in [0.1, 0.15) is 0 Å². The summed E-state index contributed by atoms with van der Waals surface area (Å²) in [6.45, 7) is 4.18. The first-order valence-electron chi connectivity index (χ1n) is 10.7. The smallest absolute Gasteiger partial charge is 0.255 e. The average Bonchev–Trinajstić information content (AvgIpc) is 2.82. The van der Waals surface area contributed by atoms with Crippen LogP contribution in [0.3, 0.4) is 0 Å². The van der Waals surface area contributed by atoms with Crippen LogP contribution in [-0.2, 0) is 17.0 Å². The van der Waals surface area contributed by atoms with E-state index < -0.39 is 0 Å². The number of anilines is 1. The Morgan fingerprint density at radius 3 is 2.48 bits per heavy atom. The average molecular weight is 503 g/mol. The van der Waals surface area contributed by atoms with Crippen LogP contribution in [0.15, 0.2) is 58.5 Å². The Kier molecular flexibility index (Phi) is 7.63. The maximum absolute atomic E-state index is 12.9. The SMILES string of the molecule is Cc1nc(SCc2ccccc2)[nH]c(=O)c1CC(=O)N1CCN(c2cccc(Cl)c2Cl)CC1. The van der Waals surface area contributed by atoms with Gasteiger partial charge in [-0.15, -0.1) is 0 Å². The Morgan fingerprint density at radius 2 is 1.79 bits per heavy atom. The summed E-state index contributed by atoms with van der Waals surface area (Å²) in [6.07, 6.45) is 0.0374. The van der Waals surface area contributed by atoms with E-state index in [4.69, 9.17) is 23.2 Å². The predicted molar refractivity (Wildman–Crippen MR) is 135 cm³/mol. The lowest BCUT2D eigenvalue weighted by Crippen LogP contribution is -2.49. The molecule has 1 aliphatic heterocycles. The van der Waals surface area contributed by atoms with E-state index in [1.807, 2.05) is 42.5 Å². The van der Waals surface area contributed by atoms with Crippen molar-refractivity contribution in [2.24, 2.45) is 0 Å². The first-order chi connectivity index (χ1) is 15.9. The molecule has 0 radical (unpaired) electrons. The third kappa shape index (κ3) is 5.72. The summed E-state index contributed by atoms with van der Waals surface area (Å²) in [5.74, 6) is 0.634. The summed E-state index contributed by atoms with van der Waals surface area (Å²) >= 11 is 13.9. The maximum Gasteiger partial charge on any atom is 0.255 e. The van der Waals surface area contributed by atoms with Crippen LogP contribution in [0.5, 0.6) is 0 Å². The Balaban J connectivity index is 1.36. The van der Waals surface area contributed by atoms with Crippen LogP contribution < -0.4 is 10.5 Å². The molecule has 2 aromatic carbocycles. The number of nitrogens with zero attached hydrogens (tertiary/aromatic N) is 3. The molecule has 0 unspecified atom stereocenters. The van der Waals surface area contributed by atoms with E-state index in [1.54, 1.807) is 17.9 Å². The van der Waals surface area contributed by atoms with Crippen LogP contribution in [0.25, 0.3) is 0 Å². The fourth-order valence-corrected chi connectivity index (χ4v) is 5.06. The lowest BCUT2D eigenvalue weighted by Gasteiger charge is -2.36. The zero-order valence-corrected chi connectivity index (χ0v) is 20.5. The Morgan fingerprint density at radius 1 is 1.06 bits per heavy atom. The van der Waals surface area contributed by atoms with Crippen molar-refractivity contribution in [1.29, 1.82) is 0 Å². The van der Waals surface area contributed by atoms with Gasteiger partial charge in [0.15, 0.2) is 5.16 Å². The number of aryl methyl sites for hydroxylation is 1. The molecule has 1 saturated heterocycles. The Bertz CT molecular complexity index is 1190. The number of carbonyl (C=O) groups is 1. The molecule has 1 amide bonds. The van der Waals surface area contributed by atoms with Gasteiger partial charge in [0.05, 0.1) is 22.2 Å². The molecule has 1 fully saturated rings. The second kappa shape index (κ2) is 10.6. The molecular weight excluding hydrogens is 479 g/mol. The number of carbonyl (C=O) groups excluding carboxylic acids is 1. The molecule has 9 heteroatoms. The molecule has 0 aliphatic carbocycles. The summed E-state index contributed by atoms with van der Waals surface area (Å²) in [5.41, 5.74) is 2.78. The number of nitrogens with one attached hydrogen (secondary N) is 1. The van der Waals surface area contributed by atoms with E-state index in [-0.39, 0.29) is 17.9 Å². The van der Waals surface area contributed by atoms with Gasteiger partial charge in [-0.3, -0.25) is 9.59 Å². The van der Waals surface area contributed by atoms with Crippen molar-refractivity contribution in [3.8, 4) is 0 Å². The number of halogens is 2. The Labute approximate surface area is 206 Å². The van der Waals surface area contributed by atoms with Gasteiger partial charge < -0.3 is 14.8 Å². The van der Waals surface area contributed by atoms with Crippen molar-refractivity contribution in [3.63, 3.8) is 0 Å². The highest BCUT2D eigenvalue weighted by Gasteiger charge is 2.24. The number of thioether (sulfide) groups is 1. The zero-order chi connectivity index (χ0) is 23.4. The van der Waals surface area contributed by atoms with E-state index in [1.165, 1.54) is 11.8 Å². The predicted octanol–water partition coefficient (Wildman–Crippen LogP) is 4.57. The van der Waals surface area contributed by atoms with Crippen LogP contribution in [0.1, 0.15) is 16.8 Å². The molecule has 172 valence electrons. The molecule has 1 aromatic heterocycles. The maximum atomic E-state index is 12.9. The topological polar surface area (TPSA) is 69.3 Å². The fourth-order valence-electron chi connectivity index (χ4n) is 3.78. The van der Waals surface area contributed by atoms with Gasteiger partial charge in [0.2, 0.25) is 5.91 Å². The van der Waals surface area contributed by atoms with Crippen molar-refractivity contribution in [3.05, 3.63) is 85.8 Å². The second-order valence-electron chi connectivity index (χ2n) is 7.83. The quantitative estimate of drug-likeness (QED) is 0.394. The van der Waals surface area contributed by atoms with Crippen molar-refractivity contribution in [2.75, 3.05) is 31.1 Å². The molecule has 2 heterocycles. The minimum Gasteiger partial charge on any atom is -0.367 e. The molecule has 1 N–H and O–H groups in total. The van der Waals surface area contributed by atoms with Gasteiger partial charge in [0.25, 0.3) is 5.56 Å². The highest BCUT2D eigenvalue weighted by Crippen LogP contribution is 2.33. The summed E-state index contributed by atoms with van der Waals surface area (Å²) < 4.78 is 0. The molecule has 6 nitrogen and oxygen atoms in total. The number of H-pyrrole nitrogens is 1. The van der Waals surface area contributed by atoms with Crippen LogP contribution in [0.2, 0.25) is 10.0 Å². The second-order valence-corrected chi connectivity index (χ2v) is 9.58. The standard InChI is InChI=1S/C24H24Cl2N4O2S/c1-16-18(23(32)28-24(27-16)33-15-17-6-3-2-4-7-17)14-21(31)30-12-10-29(11-13-30)20-9-5-8-19(25)22(20)26/h2-9H,10-15H2,1H3,(H,27,28,32). The molecule has 0 saturated carbocycles. The van der Waals surface area contributed by atoms with E-state index >= 15 is 0 Å². The molecule has 33 heavy (non-hydrogen) atoms.